The third-order valence-electron chi connectivity index (χ3n) is 3.43. The number of nitrogens with one attached hydrogen (secondary N) is 2. The van der Waals surface area contributed by atoms with E-state index in [-0.39, 0.29) is 0 Å². The fraction of sp³-hybridized carbons (Fsp3) is 1.00. The van der Waals surface area contributed by atoms with E-state index in [0.717, 1.165) is 32.1 Å². The van der Waals surface area contributed by atoms with Crippen LogP contribution in [0.5, 0.6) is 0 Å². The number of hydrogen-bond donors (Lipinski definition) is 2. The van der Waals surface area contributed by atoms with E-state index in [4.69, 9.17) is 0 Å². The van der Waals surface area contributed by atoms with Crippen LogP contribution < -0.4 is 10.6 Å². The van der Waals surface area contributed by atoms with Gasteiger partial charge in [0.1, 0.15) is 0 Å². The summed E-state index contributed by atoms with van der Waals surface area (Å²) in [4.78, 5) is 2.59. The van der Waals surface area contributed by atoms with E-state index in [0.29, 0.717) is 5.54 Å². The zero-order chi connectivity index (χ0) is 12.0. The lowest BCUT2D eigenvalue weighted by Gasteiger charge is -2.41. The molecule has 1 aliphatic heterocycles. The van der Waals surface area contributed by atoms with Crippen molar-refractivity contribution in [2.75, 3.05) is 39.3 Å². The molecule has 1 rings (SSSR count). The van der Waals surface area contributed by atoms with Gasteiger partial charge in [0, 0.05) is 38.3 Å². The standard InChI is InChI=1S/C13H29N3/c1-12(2)5-6-15-11-13(3,4)16-9-7-14-8-10-16/h12,14-15H,5-11H2,1-4H3. The maximum atomic E-state index is 3.59. The summed E-state index contributed by atoms with van der Waals surface area (Å²) in [6.45, 7) is 16.1. The first-order chi connectivity index (χ1) is 7.52. The van der Waals surface area contributed by atoms with E-state index < -0.39 is 0 Å². The van der Waals surface area contributed by atoms with Crippen LogP contribution >= 0.6 is 0 Å². The maximum Gasteiger partial charge on any atom is 0.0278 e. The molecule has 0 spiro atoms. The van der Waals surface area contributed by atoms with Gasteiger partial charge in [-0.05, 0) is 32.7 Å². The molecular formula is C13H29N3. The molecule has 3 nitrogen and oxygen atoms in total. The van der Waals surface area contributed by atoms with Crippen molar-refractivity contribution in [1.29, 1.82) is 0 Å². The van der Waals surface area contributed by atoms with Crippen molar-refractivity contribution in [1.82, 2.24) is 15.5 Å². The number of nitrogens with zero attached hydrogens (tertiary/aromatic N) is 1. The predicted molar refractivity (Wildman–Crippen MR) is 70.8 cm³/mol. The summed E-state index contributed by atoms with van der Waals surface area (Å²) in [5.74, 6) is 0.801. The van der Waals surface area contributed by atoms with Crippen LogP contribution in [0.3, 0.4) is 0 Å². The first kappa shape index (κ1) is 13.9. The molecule has 1 saturated heterocycles. The monoisotopic (exact) mass is 227 g/mol. The van der Waals surface area contributed by atoms with E-state index in [1.54, 1.807) is 0 Å². The van der Waals surface area contributed by atoms with Crippen molar-refractivity contribution < 1.29 is 0 Å². The van der Waals surface area contributed by atoms with Gasteiger partial charge in [-0.2, -0.15) is 0 Å². The van der Waals surface area contributed by atoms with Crippen LogP contribution in [0.15, 0.2) is 0 Å². The Labute approximate surface area is 101 Å². The number of hydrogen-bond acceptors (Lipinski definition) is 3. The van der Waals surface area contributed by atoms with Gasteiger partial charge in [-0.1, -0.05) is 13.8 Å². The Morgan fingerprint density at radius 1 is 1.25 bits per heavy atom. The Balaban J connectivity index is 2.21. The van der Waals surface area contributed by atoms with Crippen molar-refractivity contribution in [2.24, 2.45) is 5.92 Å². The molecule has 1 aliphatic rings. The Kier molecular flexibility index (Phi) is 5.73. The van der Waals surface area contributed by atoms with Gasteiger partial charge in [0.15, 0.2) is 0 Å². The average Bonchev–Trinajstić information content (AvgIpc) is 2.26. The summed E-state index contributed by atoms with van der Waals surface area (Å²) in [5.41, 5.74) is 0.291. The molecule has 0 aliphatic carbocycles. The van der Waals surface area contributed by atoms with Gasteiger partial charge in [-0.3, -0.25) is 4.90 Å². The van der Waals surface area contributed by atoms with Gasteiger partial charge >= 0.3 is 0 Å². The highest BCUT2D eigenvalue weighted by Crippen LogP contribution is 2.13. The topological polar surface area (TPSA) is 27.3 Å². The normalized spacial score (nSPS) is 19.3. The Morgan fingerprint density at radius 3 is 2.44 bits per heavy atom. The van der Waals surface area contributed by atoms with Gasteiger partial charge in [0.05, 0.1) is 0 Å². The van der Waals surface area contributed by atoms with E-state index in [2.05, 4.69) is 43.2 Å². The van der Waals surface area contributed by atoms with E-state index in [1.807, 2.05) is 0 Å². The summed E-state index contributed by atoms with van der Waals surface area (Å²) in [5, 5.41) is 7.00. The van der Waals surface area contributed by atoms with Crippen LogP contribution in [0.4, 0.5) is 0 Å². The van der Waals surface area contributed by atoms with Crippen LogP contribution in [0.1, 0.15) is 34.1 Å². The zero-order valence-corrected chi connectivity index (χ0v) is 11.5. The van der Waals surface area contributed by atoms with Crippen molar-refractivity contribution in [3.05, 3.63) is 0 Å². The van der Waals surface area contributed by atoms with Crippen molar-refractivity contribution in [3.63, 3.8) is 0 Å². The third kappa shape index (κ3) is 4.81. The van der Waals surface area contributed by atoms with E-state index in [1.165, 1.54) is 19.5 Å². The Bertz CT molecular complexity index is 184. The molecule has 0 bridgehead atoms. The van der Waals surface area contributed by atoms with Crippen molar-refractivity contribution in [2.45, 2.75) is 39.7 Å². The number of rotatable bonds is 6. The second-order valence-corrected chi connectivity index (χ2v) is 5.91. The fourth-order valence-electron chi connectivity index (χ4n) is 2.17. The Hall–Kier alpha value is -0.120. The van der Waals surface area contributed by atoms with E-state index in [9.17, 15) is 0 Å². The molecule has 0 amide bonds. The predicted octanol–water partition coefficient (Wildman–Crippen LogP) is 1.31. The summed E-state index contributed by atoms with van der Waals surface area (Å²) >= 11 is 0. The molecule has 0 unspecified atom stereocenters. The number of piperazine rings is 1. The highest BCUT2D eigenvalue weighted by molar-refractivity contribution is 4.86. The molecule has 0 aromatic heterocycles. The molecule has 0 atom stereocenters. The van der Waals surface area contributed by atoms with Gasteiger partial charge in [-0.25, -0.2) is 0 Å². The maximum absolute atomic E-state index is 3.59. The van der Waals surface area contributed by atoms with Crippen molar-refractivity contribution in [3.8, 4) is 0 Å². The molecule has 1 heterocycles. The van der Waals surface area contributed by atoms with Crippen LogP contribution in [0, 0.1) is 5.92 Å². The van der Waals surface area contributed by atoms with Crippen LogP contribution in [-0.2, 0) is 0 Å². The molecule has 1 fully saturated rings. The first-order valence-corrected chi connectivity index (χ1v) is 6.69. The van der Waals surface area contributed by atoms with Gasteiger partial charge < -0.3 is 10.6 Å². The van der Waals surface area contributed by atoms with Crippen molar-refractivity contribution >= 4 is 0 Å². The van der Waals surface area contributed by atoms with Gasteiger partial charge in [-0.15, -0.1) is 0 Å². The lowest BCUT2D eigenvalue weighted by molar-refractivity contribution is 0.102. The molecule has 96 valence electrons. The molecule has 2 N–H and O–H groups in total. The largest absolute Gasteiger partial charge is 0.315 e. The Morgan fingerprint density at radius 2 is 1.88 bits per heavy atom. The quantitative estimate of drug-likeness (QED) is 0.670. The lowest BCUT2D eigenvalue weighted by Crippen LogP contribution is -2.57. The van der Waals surface area contributed by atoms with Crippen LogP contribution in [0.2, 0.25) is 0 Å². The minimum absolute atomic E-state index is 0.291. The molecule has 0 radical (unpaired) electrons. The highest BCUT2D eigenvalue weighted by atomic mass is 15.2. The van der Waals surface area contributed by atoms with Gasteiger partial charge in [0.25, 0.3) is 0 Å². The fourth-order valence-corrected chi connectivity index (χ4v) is 2.17. The third-order valence-corrected chi connectivity index (χ3v) is 3.43. The summed E-state index contributed by atoms with van der Waals surface area (Å²) in [6.07, 6.45) is 1.28. The summed E-state index contributed by atoms with van der Waals surface area (Å²) in [6, 6.07) is 0. The molecule has 16 heavy (non-hydrogen) atoms. The summed E-state index contributed by atoms with van der Waals surface area (Å²) in [7, 11) is 0. The second-order valence-electron chi connectivity index (χ2n) is 5.91. The van der Waals surface area contributed by atoms with Crippen LogP contribution in [0.25, 0.3) is 0 Å². The molecule has 0 aromatic carbocycles. The molecule has 0 saturated carbocycles. The van der Waals surface area contributed by atoms with E-state index >= 15 is 0 Å². The van der Waals surface area contributed by atoms with Crippen LogP contribution in [-0.4, -0.2) is 49.7 Å². The smallest absolute Gasteiger partial charge is 0.0278 e. The first-order valence-electron chi connectivity index (χ1n) is 6.69. The SMILES string of the molecule is CC(C)CCNCC(C)(C)N1CCNCC1. The molecular weight excluding hydrogens is 198 g/mol. The lowest BCUT2D eigenvalue weighted by atomic mass is 10.0. The second kappa shape index (κ2) is 6.58. The minimum atomic E-state index is 0.291. The van der Waals surface area contributed by atoms with Gasteiger partial charge in [0.2, 0.25) is 0 Å². The molecule has 0 aromatic rings. The minimum Gasteiger partial charge on any atom is -0.315 e. The molecule has 3 heteroatoms. The zero-order valence-electron chi connectivity index (χ0n) is 11.5. The summed E-state index contributed by atoms with van der Waals surface area (Å²) < 4.78 is 0. The highest BCUT2D eigenvalue weighted by Gasteiger charge is 2.26. The average molecular weight is 227 g/mol.